The number of hydrogen-bond acceptors (Lipinski definition) is 4. The molecule has 1 aromatic heterocycles. The second-order valence-electron chi connectivity index (χ2n) is 7.99. The minimum atomic E-state index is -0.359. The van der Waals surface area contributed by atoms with Crippen LogP contribution in [0.15, 0.2) is 12.1 Å². The van der Waals surface area contributed by atoms with Gasteiger partial charge in [-0.3, -0.25) is 4.79 Å². The fraction of sp³-hybridized carbons (Fsp3) is 0.667. The summed E-state index contributed by atoms with van der Waals surface area (Å²) >= 11 is 5.27. The first kappa shape index (κ1) is 16.6. The first-order chi connectivity index (χ1) is 11.4. The summed E-state index contributed by atoms with van der Waals surface area (Å²) in [4.78, 5) is 24.6. The van der Waals surface area contributed by atoms with Crippen molar-refractivity contribution >= 4 is 44.1 Å². The molecule has 1 heterocycles. The summed E-state index contributed by atoms with van der Waals surface area (Å²) in [5.41, 5.74) is 0.167. The Morgan fingerprint density at radius 3 is 2.62 bits per heavy atom. The van der Waals surface area contributed by atoms with E-state index in [0.29, 0.717) is 11.3 Å². The Balaban J connectivity index is 1.43. The summed E-state index contributed by atoms with van der Waals surface area (Å²) in [6, 6.07) is 3.48. The summed E-state index contributed by atoms with van der Waals surface area (Å²) in [6.45, 7) is 0. The van der Waals surface area contributed by atoms with E-state index in [1.807, 2.05) is 0 Å². The van der Waals surface area contributed by atoms with Crippen LogP contribution in [-0.2, 0) is 9.53 Å². The molecular weight excluding hydrogens is 390 g/mol. The Hall–Kier alpha value is -0.880. The van der Waals surface area contributed by atoms with Gasteiger partial charge in [-0.25, -0.2) is 4.79 Å². The van der Waals surface area contributed by atoms with Gasteiger partial charge < -0.3 is 10.1 Å². The van der Waals surface area contributed by atoms with Crippen LogP contribution in [0.3, 0.4) is 0 Å². The zero-order valence-corrected chi connectivity index (χ0v) is 16.2. The van der Waals surface area contributed by atoms with Crippen LogP contribution in [0.1, 0.15) is 54.6 Å². The zero-order chi connectivity index (χ0) is 16.9. The maximum atomic E-state index is 12.6. The molecule has 0 aromatic carbocycles. The third-order valence-electron chi connectivity index (χ3n) is 5.90. The fourth-order valence-corrected chi connectivity index (χ4v) is 8.03. The predicted octanol–water partition coefficient (Wildman–Crippen LogP) is 4.60. The number of anilines is 1. The number of ether oxygens (including phenoxy) is 1. The van der Waals surface area contributed by atoms with Crippen molar-refractivity contribution in [3.8, 4) is 0 Å². The second kappa shape index (κ2) is 5.84. The van der Waals surface area contributed by atoms with Gasteiger partial charge in [0.25, 0.3) is 0 Å². The van der Waals surface area contributed by atoms with Crippen LogP contribution in [0, 0.1) is 17.3 Å². The summed E-state index contributed by atoms with van der Waals surface area (Å²) < 4.78 is 4.99. The number of thiophene rings is 1. The number of hydrogen-bond donors (Lipinski definition) is 1. The molecule has 6 heteroatoms. The SMILES string of the molecule is COC(=O)c1ccc(NC(=O)CC23CC4CC(CC(Br)(C4)C2)C3)s1. The standard InChI is InChI=1S/C18H22BrNO3S/c1-23-16(22)13-2-3-15(24-13)20-14(21)9-17-5-11-4-12(6-17)8-18(19,7-11)10-17/h2-3,11-12H,4-10H2,1H3,(H,20,21). The average Bonchev–Trinajstić information content (AvgIpc) is 2.91. The lowest BCUT2D eigenvalue weighted by molar-refractivity contribution is -0.123. The molecule has 1 aromatic rings. The highest BCUT2D eigenvalue weighted by atomic mass is 79.9. The molecule has 1 N–H and O–H groups in total. The maximum absolute atomic E-state index is 12.6. The van der Waals surface area contributed by atoms with E-state index in [0.717, 1.165) is 23.3 Å². The molecule has 4 nitrogen and oxygen atoms in total. The fourth-order valence-electron chi connectivity index (χ4n) is 5.68. The van der Waals surface area contributed by atoms with E-state index in [1.165, 1.54) is 50.6 Å². The number of esters is 1. The molecule has 4 aliphatic rings. The molecule has 4 aliphatic carbocycles. The van der Waals surface area contributed by atoms with E-state index in [-0.39, 0.29) is 21.6 Å². The van der Waals surface area contributed by atoms with E-state index in [9.17, 15) is 9.59 Å². The van der Waals surface area contributed by atoms with Gasteiger partial charge in [0.15, 0.2) is 0 Å². The number of methoxy groups -OCH3 is 1. The van der Waals surface area contributed by atoms with E-state index in [4.69, 9.17) is 4.74 Å². The highest BCUT2D eigenvalue weighted by Crippen LogP contribution is 2.65. The van der Waals surface area contributed by atoms with Crippen LogP contribution in [0.4, 0.5) is 5.00 Å². The van der Waals surface area contributed by atoms with Crippen molar-refractivity contribution in [3.05, 3.63) is 17.0 Å². The van der Waals surface area contributed by atoms with Crippen molar-refractivity contribution in [2.45, 2.75) is 49.3 Å². The number of carbonyl (C=O) groups is 2. The van der Waals surface area contributed by atoms with Crippen molar-refractivity contribution in [3.63, 3.8) is 0 Å². The quantitative estimate of drug-likeness (QED) is 0.581. The Labute approximate surface area is 154 Å². The summed E-state index contributed by atoms with van der Waals surface area (Å²) in [5, 5.41) is 3.71. The highest BCUT2D eigenvalue weighted by molar-refractivity contribution is 9.10. The minimum Gasteiger partial charge on any atom is -0.465 e. The Morgan fingerprint density at radius 1 is 1.29 bits per heavy atom. The van der Waals surface area contributed by atoms with E-state index in [2.05, 4.69) is 21.2 Å². The van der Waals surface area contributed by atoms with Gasteiger partial charge >= 0.3 is 5.97 Å². The summed E-state index contributed by atoms with van der Waals surface area (Å²) in [6.07, 6.45) is 8.02. The number of nitrogens with one attached hydrogen (secondary N) is 1. The van der Waals surface area contributed by atoms with Crippen LogP contribution < -0.4 is 5.32 Å². The van der Waals surface area contributed by atoms with E-state index in [1.54, 1.807) is 12.1 Å². The lowest BCUT2D eigenvalue weighted by Crippen LogP contribution is -2.53. The van der Waals surface area contributed by atoms with Crippen LogP contribution in [0.2, 0.25) is 0 Å². The molecule has 24 heavy (non-hydrogen) atoms. The molecule has 0 saturated heterocycles. The molecule has 4 bridgehead atoms. The molecule has 0 spiro atoms. The Bertz CT molecular complexity index is 672. The molecule has 2 unspecified atom stereocenters. The molecule has 4 saturated carbocycles. The van der Waals surface area contributed by atoms with Crippen molar-refractivity contribution in [1.82, 2.24) is 0 Å². The van der Waals surface area contributed by atoms with Crippen LogP contribution >= 0.6 is 27.3 Å². The number of halogens is 1. The van der Waals surface area contributed by atoms with Crippen LogP contribution in [0.25, 0.3) is 0 Å². The highest BCUT2D eigenvalue weighted by Gasteiger charge is 2.57. The molecule has 0 aliphatic heterocycles. The lowest BCUT2D eigenvalue weighted by Gasteiger charge is -2.60. The Kier molecular flexibility index (Phi) is 4.03. The monoisotopic (exact) mass is 411 g/mol. The van der Waals surface area contributed by atoms with Crippen molar-refractivity contribution in [2.75, 3.05) is 12.4 Å². The number of alkyl halides is 1. The van der Waals surface area contributed by atoms with Crippen molar-refractivity contribution in [1.29, 1.82) is 0 Å². The van der Waals surface area contributed by atoms with Crippen LogP contribution in [0.5, 0.6) is 0 Å². The number of rotatable bonds is 4. The van der Waals surface area contributed by atoms with Crippen molar-refractivity contribution in [2.24, 2.45) is 17.3 Å². The van der Waals surface area contributed by atoms with Gasteiger partial charge in [-0.05, 0) is 67.9 Å². The molecule has 5 rings (SSSR count). The molecule has 2 atom stereocenters. The zero-order valence-electron chi connectivity index (χ0n) is 13.8. The lowest BCUT2D eigenvalue weighted by atomic mass is 9.48. The summed E-state index contributed by atoms with van der Waals surface area (Å²) in [7, 11) is 1.36. The average molecular weight is 412 g/mol. The van der Waals surface area contributed by atoms with Crippen molar-refractivity contribution < 1.29 is 14.3 Å². The van der Waals surface area contributed by atoms with Crippen LogP contribution in [-0.4, -0.2) is 23.3 Å². The van der Waals surface area contributed by atoms with Gasteiger partial charge in [-0.15, -0.1) is 11.3 Å². The van der Waals surface area contributed by atoms with Gasteiger partial charge in [0, 0.05) is 10.7 Å². The maximum Gasteiger partial charge on any atom is 0.348 e. The van der Waals surface area contributed by atoms with Gasteiger partial charge in [-0.2, -0.15) is 0 Å². The number of amides is 1. The molecule has 0 radical (unpaired) electrons. The number of carbonyl (C=O) groups excluding carboxylic acids is 2. The second-order valence-corrected chi connectivity index (χ2v) is 10.8. The van der Waals surface area contributed by atoms with Gasteiger partial charge in [-0.1, -0.05) is 15.9 Å². The first-order valence-electron chi connectivity index (χ1n) is 8.56. The predicted molar refractivity (Wildman–Crippen MR) is 97.7 cm³/mol. The topological polar surface area (TPSA) is 55.4 Å². The molecule has 1 amide bonds. The third-order valence-corrected chi connectivity index (χ3v) is 7.81. The molecular formula is C18H22BrNO3S. The van der Waals surface area contributed by atoms with Gasteiger partial charge in [0.1, 0.15) is 4.88 Å². The first-order valence-corrected chi connectivity index (χ1v) is 10.2. The molecule has 130 valence electrons. The Morgan fingerprint density at radius 2 is 2.00 bits per heavy atom. The van der Waals surface area contributed by atoms with E-state index < -0.39 is 0 Å². The van der Waals surface area contributed by atoms with Gasteiger partial charge in [0.2, 0.25) is 5.91 Å². The smallest absolute Gasteiger partial charge is 0.348 e. The van der Waals surface area contributed by atoms with Gasteiger partial charge in [0.05, 0.1) is 12.1 Å². The van der Waals surface area contributed by atoms with E-state index >= 15 is 0 Å². The summed E-state index contributed by atoms with van der Waals surface area (Å²) in [5.74, 6) is 1.28. The molecule has 4 fully saturated rings. The minimum absolute atomic E-state index is 0.0753. The normalized spacial score (nSPS) is 36.6. The third kappa shape index (κ3) is 3.03. The largest absolute Gasteiger partial charge is 0.465 e.